The van der Waals surface area contributed by atoms with Gasteiger partial charge in [0.1, 0.15) is 36.2 Å². The molecule has 0 saturated heterocycles. The maximum absolute atomic E-state index is 12.6. The molecular formula is C45H44N2O9. The molecule has 1 heterocycles. The number of fused-ring (bicyclic) bond motifs is 6. The molecular weight excluding hydrogens is 712 g/mol. The normalized spacial score (nSPS) is 11.9. The summed E-state index contributed by atoms with van der Waals surface area (Å²) in [4.78, 5) is 48.4. The molecule has 1 aliphatic rings. The van der Waals surface area contributed by atoms with Crippen LogP contribution in [0.2, 0.25) is 0 Å². The lowest BCUT2D eigenvalue weighted by atomic mass is 9.78. The minimum absolute atomic E-state index is 0.0132. The Kier molecular flexibility index (Phi) is 12.0. The van der Waals surface area contributed by atoms with Crippen molar-refractivity contribution in [2.75, 3.05) is 26.3 Å². The van der Waals surface area contributed by atoms with E-state index in [1.807, 2.05) is 36.4 Å². The predicted octanol–water partition coefficient (Wildman–Crippen LogP) is 8.89. The summed E-state index contributed by atoms with van der Waals surface area (Å²) in [7, 11) is 0. The van der Waals surface area contributed by atoms with Crippen LogP contribution >= 0.6 is 0 Å². The van der Waals surface area contributed by atoms with Crippen LogP contribution < -0.4 is 24.8 Å². The van der Waals surface area contributed by atoms with Crippen LogP contribution in [0.25, 0.3) is 21.5 Å². The molecule has 11 heteroatoms. The molecule has 0 unspecified atom stereocenters. The van der Waals surface area contributed by atoms with Crippen LogP contribution in [0.1, 0.15) is 55.9 Å². The second kappa shape index (κ2) is 17.2. The van der Waals surface area contributed by atoms with Crippen molar-refractivity contribution in [1.29, 1.82) is 0 Å². The van der Waals surface area contributed by atoms with Gasteiger partial charge in [0, 0.05) is 28.2 Å². The Hall–Kier alpha value is -6.62. The van der Waals surface area contributed by atoms with Gasteiger partial charge in [-0.15, -0.1) is 0 Å². The number of carbonyl (C=O) groups excluding carboxylic acids is 4. The number of hydrogen-bond donors (Lipinski definition) is 2. The second-order valence-corrected chi connectivity index (χ2v) is 14.1. The molecule has 5 aromatic rings. The summed E-state index contributed by atoms with van der Waals surface area (Å²) in [5, 5.41) is 8.71. The van der Waals surface area contributed by atoms with Crippen molar-refractivity contribution in [2.45, 2.75) is 40.0 Å². The Bertz CT molecular complexity index is 2210. The standard InChI is InChI=1S/C45H44N2O9/c1-26(2)23-29-7-9-30(10-8-29)39-40-35-15-13-33(54-44(50)46-19-21-52-42(48)27(3)4)24-31(35)11-17-37(40)56-38-18-12-32-25-34(14-16-36(32)41(38)39)55-45(51)47-20-22-53-43(49)28(5)6/h7-18,24-26,39H,3,5,19-23H2,1-2,4,6H3,(H,46,50)(H,47,51). The maximum Gasteiger partial charge on any atom is 0.412 e. The number of amides is 2. The average Bonchev–Trinajstić information content (AvgIpc) is 3.16. The van der Waals surface area contributed by atoms with E-state index >= 15 is 0 Å². The summed E-state index contributed by atoms with van der Waals surface area (Å²) in [6, 6.07) is 27.4. The average molecular weight is 757 g/mol. The van der Waals surface area contributed by atoms with Gasteiger partial charge >= 0.3 is 24.1 Å². The Morgan fingerprint density at radius 3 is 1.55 bits per heavy atom. The summed E-state index contributed by atoms with van der Waals surface area (Å²) >= 11 is 0. The smallest absolute Gasteiger partial charge is 0.412 e. The van der Waals surface area contributed by atoms with Gasteiger partial charge in [0.15, 0.2) is 0 Å². The summed E-state index contributed by atoms with van der Waals surface area (Å²) < 4.78 is 27.8. The number of ether oxygens (including phenoxy) is 5. The zero-order valence-electron chi connectivity index (χ0n) is 31.9. The SMILES string of the molecule is C=C(C)C(=O)OCCNC(=O)Oc1ccc2c3c(ccc2c1)Oc1ccc2cc(OC(=O)NCCOC(=O)C(=C)C)ccc2c1C3c1ccc(CC(C)C)cc1. The molecule has 0 aliphatic carbocycles. The van der Waals surface area contributed by atoms with Crippen LogP contribution in [-0.4, -0.2) is 50.4 Å². The largest absolute Gasteiger partial charge is 0.460 e. The van der Waals surface area contributed by atoms with Crippen LogP contribution in [0.5, 0.6) is 23.0 Å². The van der Waals surface area contributed by atoms with Gasteiger partial charge in [-0.1, -0.05) is 75.5 Å². The lowest BCUT2D eigenvalue weighted by molar-refractivity contribution is -0.139. The molecule has 11 nitrogen and oxygen atoms in total. The number of rotatable bonds is 13. The molecule has 56 heavy (non-hydrogen) atoms. The molecule has 0 radical (unpaired) electrons. The Morgan fingerprint density at radius 1 is 0.661 bits per heavy atom. The van der Waals surface area contributed by atoms with Crippen molar-refractivity contribution in [3.8, 4) is 23.0 Å². The van der Waals surface area contributed by atoms with Crippen LogP contribution in [0.15, 0.2) is 109 Å². The van der Waals surface area contributed by atoms with Crippen LogP contribution in [0.3, 0.4) is 0 Å². The Labute approximate surface area is 325 Å². The van der Waals surface area contributed by atoms with Crippen molar-refractivity contribution < 1.29 is 42.9 Å². The van der Waals surface area contributed by atoms with Gasteiger partial charge in [-0.3, -0.25) is 0 Å². The predicted molar refractivity (Wildman–Crippen MR) is 213 cm³/mol. The first-order chi connectivity index (χ1) is 26.9. The molecule has 2 amide bonds. The highest BCUT2D eigenvalue weighted by molar-refractivity contribution is 5.96. The molecule has 0 aromatic heterocycles. The van der Waals surface area contributed by atoms with Gasteiger partial charge in [0.05, 0.1) is 13.1 Å². The number of carbonyl (C=O) groups is 4. The highest BCUT2D eigenvalue weighted by Crippen LogP contribution is 2.52. The molecule has 0 atom stereocenters. The van der Waals surface area contributed by atoms with E-state index in [-0.39, 0.29) is 43.4 Å². The van der Waals surface area contributed by atoms with Gasteiger partial charge in [-0.05, 0) is 95.3 Å². The van der Waals surface area contributed by atoms with E-state index in [1.54, 1.807) is 38.1 Å². The molecule has 0 fully saturated rings. The second-order valence-electron chi connectivity index (χ2n) is 14.1. The van der Waals surface area contributed by atoms with Crippen molar-refractivity contribution >= 4 is 45.7 Å². The topological polar surface area (TPSA) is 138 Å². The van der Waals surface area contributed by atoms with Crippen LogP contribution in [0, 0.1) is 5.92 Å². The molecule has 2 N–H and O–H groups in total. The summed E-state index contributed by atoms with van der Waals surface area (Å²) in [6.07, 6.45) is -0.401. The van der Waals surface area contributed by atoms with Crippen molar-refractivity contribution in [3.63, 3.8) is 0 Å². The molecule has 288 valence electrons. The summed E-state index contributed by atoms with van der Waals surface area (Å²) in [5.74, 6) is 1.31. The molecule has 0 bridgehead atoms. The zero-order valence-corrected chi connectivity index (χ0v) is 31.9. The quantitative estimate of drug-likeness (QED) is 0.0672. The number of nitrogens with one attached hydrogen (secondary N) is 2. The highest BCUT2D eigenvalue weighted by atomic mass is 16.6. The van der Waals surface area contributed by atoms with Crippen LogP contribution in [-0.2, 0) is 25.5 Å². The van der Waals surface area contributed by atoms with E-state index in [9.17, 15) is 19.2 Å². The van der Waals surface area contributed by atoms with E-state index in [2.05, 4.69) is 61.9 Å². The first-order valence-electron chi connectivity index (χ1n) is 18.3. The first-order valence-corrected chi connectivity index (χ1v) is 18.3. The van der Waals surface area contributed by atoms with Crippen LogP contribution in [0.4, 0.5) is 9.59 Å². The highest BCUT2D eigenvalue weighted by Gasteiger charge is 2.32. The zero-order chi connectivity index (χ0) is 39.9. The fourth-order valence-electron chi connectivity index (χ4n) is 6.56. The van der Waals surface area contributed by atoms with Gasteiger partial charge in [0.2, 0.25) is 0 Å². The molecule has 0 saturated carbocycles. The number of esters is 2. The Balaban J connectivity index is 1.30. The fraction of sp³-hybridized carbons (Fsp3) is 0.244. The summed E-state index contributed by atoms with van der Waals surface area (Å²) in [6.45, 7) is 14.7. The minimum atomic E-state index is -0.679. The fourth-order valence-corrected chi connectivity index (χ4v) is 6.56. The molecule has 5 aromatic carbocycles. The van der Waals surface area contributed by atoms with Crippen molar-refractivity contribution in [2.24, 2.45) is 5.92 Å². The van der Waals surface area contributed by atoms with E-state index in [4.69, 9.17) is 23.7 Å². The molecule has 6 rings (SSSR count). The summed E-state index contributed by atoms with van der Waals surface area (Å²) in [5.41, 5.74) is 4.79. The minimum Gasteiger partial charge on any atom is -0.460 e. The maximum atomic E-state index is 12.6. The lowest BCUT2D eigenvalue weighted by Crippen LogP contribution is -2.30. The van der Waals surface area contributed by atoms with Gasteiger partial charge < -0.3 is 34.3 Å². The van der Waals surface area contributed by atoms with Gasteiger partial charge in [0.25, 0.3) is 0 Å². The monoisotopic (exact) mass is 756 g/mol. The third kappa shape index (κ3) is 9.18. The Morgan fingerprint density at radius 2 is 1.12 bits per heavy atom. The van der Waals surface area contributed by atoms with E-state index in [0.717, 1.165) is 44.7 Å². The molecule has 1 aliphatic heterocycles. The first kappa shape index (κ1) is 39.1. The van der Waals surface area contributed by atoms with Gasteiger partial charge in [-0.25, -0.2) is 19.2 Å². The van der Waals surface area contributed by atoms with E-state index in [0.29, 0.717) is 28.9 Å². The van der Waals surface area contributed by atoms with Gasteiger partial charge in [-0.2, -0.15) is 0 Å². The van der Waals surface area contributed by atoms with Crippen molar-refractivity contribution in [1.82, 2.24) is 10.6 Å². The number of benzene rings is 5. The van der Waals surface area contributed by atoms with E-state index < -0.39 is 24.1 Å². The third-order valence-electron chi connectivity index (χ3n) is 9.07. The number of hydrogen-bond acceptors (Lipinski definition) is 9. The van der Waals surface area contributed by atoms with E-state index in [1.165, 1.54) is 5.56 Å². The molecule has 0 spiro atoms. The van der Waals surface area contributed by atoms with Crippen molar-refractivity contribution in [3.05, 3.63) is 131 Å². The third-order valence-corrected chi connectivity index (χ3v) is 9.07. The lowest BCUT2D eigenvalue weighted by Gasteiger charge is -2.31.